The molecule has 30 heavy (non-hydrogen) atoms. The molecule has 1 aromatic heterocycles. The van der Waals surface area contributed by atoms with E-state index >= 15 is 0 Å². The fraction of sp³-hybridized carbons (Fsp3) is 0.455. The molecule has 2 aromatic rings. The first kappa shape index (κ1) is 20.1. The number of rotatable bonds is 5. The van der Waals surface area contributed by atoms with E-state index in [2.05, 4.69) is 10.3 Å². The average Bonchev–Trinajstić information content (AvgIpc) is 2.97. The maximum Gasteiger partial charge on any atom is 0.411 e. The molecule has 2 heterocycles. The van der Waals surface area contributed by atoms with Gasteiger partial charge in [-0.1, -0.05) is 30.3 Å². The van der Waals surface area contributed by atoms with Gasteiger partial charge in [-0.2, -0.15) is 0 Å². The molecule has 0 bridgehead atoms. The number of cyclic esters (lactones) is 1. The molecule has 0 spiro atoms. The zero-order valence-electron chi connectivity index (χ0n) is 17.2. The zero-order valence-corrected chi connectivity index (χ0v) is 17.2. The number of carbonyl (C=O) groups excluding carboxylic acids is 1. The van der Waals surface area contributed by atoms with Crippen molar-refractivity contribution >= 4 is 17.5 Å². The minimum atomic E-state index is -0.606. The van der Waals surface area contributed by atoms with E-state index in [1.165, 1.54) is 6.20 Å². The first-order chi connectivity index (χ1) is 14.4. The second-order valence-corrected chi connectivity index (χ2v) is 8.49. The van der Waals surface area contributed by atoms with Crippen molar-refractivity contribution < 1.29 is 14.5 Å². The Morgan fingerprint density at radius 3 is 2.53 bits per heavy atom. The number of nitrogens with zero attached hydrogens (tertiary/aromatic N) is 3. The third-order valence-electron chi connectivity index (χ3n) is 6.06. The molecule has 0 radical (unpaired) electrons. The number of hydrogen-bond acceptors (Lipinski definition) is 6. The number of anilines is 1. The van der Waals surface area contributed by atoms with Crippen LogP contribution in [0, 0.1) is 10.1 Å². The van der Waals surface area contributed by atoms with Crippen LogP contribution < -0.4 is 5.32 Å². The molecule has 0 unspecified atom stereocenters. The summed E-state index contributed by atoms with van der Waals surface area (Å²) >= 11 is 0. The number of carbonyl (C=O) groups is 1. The van der Waals surface area contributed by atoms with E-state index in [4.69, 9.17) is 4.74 Å². The van der Waals surface area contributed by atoms with Crippen molar-refractivity contribution in [1.29, 1.82) is 0 Å². The lowest BCUT2D eigenvalue weighted by Crippen LogP contribution is -2.44. The van der Waals surface area contributed by atoms with Gasteiger partial charge in [-0.15, -0.1) is 0 Å². The Balaban J connectivity index is 1.47. The van der Waals surface area contributed by atoms with Crippen LogP contribution in [0.4, 0.5) is 16.2 Å². The van der Waals surface area contributed by atoms with E-state index in [1.807, 2.05) is 49.1 Å². The Bertz CT molecular complexity index is 926. The Labute approximate surface area is 175 Å². The van der Waals surface area contributed by atoms with Gasteiger partial charge in [0.2, 0.25) is 0 Å². The molecule has 4 rings (SSSR count). The highest BCUT2D eigenvalue weighted by Crippen LogP contribution is 2.44. The zero-order chi connectivity index (χ0) is 21.3. The van der Waals surface area contributed by atoms with Gasteiger partial charge in [0.1, 0.15) is 17.5 Å². The second-order valence-electron chi connectivity index (χ2n) is 8.49. The van der Waals surface area contributed by atoms with Crippen LogP contribution in [0.25, 0.3) is 0 Å². The number of nitrogens with one attached hydrogen (secondary N) is 1. The second kappa shape index (κ2) is 7.93. The number of ether oxygens (including phenoxy) is 1. The average molecular weight is 410 g/mol. The Hall–Kier alpha value is -3.16. The fourth-order valence-electron chi connectivity index (χ4n) is 4.70. The van der Waals surface area contributed by atoms with E-state index in [-0.39, 0.29) is 29.9 Å². The van der Waals surface area contributed by atoms with Gasteiger partial charge >= 0.3 is 11.8 Å². The molecule has 1 aromatic carbocycles. The van der Waals surface area contributed by atoms with Crippen LogP contribution in [-0.2, 0) is 4.74 Å². The number of nitro groups is 1. The van der Waals surface area contributed by atoms with E-state index < -0.39 is 10.5 Å². The third kappa shape index (κ3) is 3.81. The topological polar surface area (TPSA) is 97.6 Å². The molecule has 8 nitrogen and oxygen atoms in total. The molecule has 1 amide bonds. The quantitative estimate of drug-likeness (QED) is 0.567. The molecular formula is C22H26N4O4. The predicted molar refractivity (Wildman–Crippen MR) is 112 cm³/mol. The maximum atomic E-state index is 12.8. The first-order valence-corrected chi connectivity index (χ1v) is 10.3. The summed E-state index contributed by atoms with van der Waals surface area (Å²) in [5.41, 5.74) is 0.933. The van der Waals surface area contributed by atoms with Crippen molar-refractivity contribution in [2.45, 2.75) is 63.3 Å². The lowest BCUT2D eigenvalue weighted by molar-refractivity contribution is -0.384. The van der Waals surface area contributed by atoms with Crippen molar-refractivity contribution in [2.24, 2.45) is 0 Å². The smallest absolute Gasteiger partial charge is 0.411 e. The summed E-state index contributed by atoms with van der Waals surface area (Å²) in [4.78, 5) is 29.3. The van der Waals surface area contributed by atoms with Gasteiger partial charge in [0.05, 0.1) is 11.0 Å². The van der Waals surface area contributed by atoms with Crippen LogP contribution in [0.5, 0.6) is 0 Å². The molecule has 1 saturated carbocycles. The summed E-state index contributed by atoms with van der Waals surface area (Å²) < 4.78 is 5.74. The van der Waals surface area contributed by atoms with Gasteiger partial charge in [-0.25, -0.2) is 4.79 Å². The lowest BCUT2D eigenvalue weighted by Gasteiger charge is -2.38. The number of hydrogen-bond donors (Lipinski definition) is 1. The van der Waals surface area contributed by atoms with Crippen molar-refractivity contribution in [3.8, 4) is 0 Å². The monoisotopic (exact) mass is 410 g/mol. The van der Waals surface area contributed by atoms with Crippen LogP contribution in [-0.4, -0.2) is 38.6 Å². The number of benzene rings is 1. The summed E-state index contributed by atoms with van der Waals surface area (Å²) in [6.07, 6.45) is 5.80. The number of pyridine rings is 1. The Morgan fingerprint density at radius 2 is 1.87 bits per heavy atom. The molecule has 158 valence electrons. The molecule has 2 aliphatic rings. The number of aromatic nitrogens is 1. The van der Waals surface area contributed by atoms with Crippen LogP contribution in [0.1, 0.15) is 51.1 Å². The Kier molecular flexibility index (Phi) is 5.32. The molecule has 1 atom stereocenters. The molecular weight excluding hydrogens is 384 g/mol. The summed E-state index contributed by atoms with van der Waals surface area (Å²) in [7, 11) is 0. The van der Waals surface area contributed by atoms with Crippen molar-refractivity contribution in [2.75, 3.05) is 5.32 Å². The highest BCUT2D eigenvalue weighted by atomic mass is 16.6. The molecule has 1 aliphatic heterocycles. The summed E-state index contributed by atoms with van der Waals surface area (Å²) in [6, 6.07) is 11.7. The van der Waals surface area contributed by atoms with Gasteiger partial charge in [0.25, 0.3) is 0 Å². The van der Waals surface area contributed by atoms with E-state index in [0.29, 0.717) is 5.69 Å². The normalized spacial score (nSPS) is 25.6. The lowest BCUT2D eigenvalue weighted by atomic mass is 9.86. The summed E-state index contributed by atoms with van der Waals surface area (Å²) in [5.74, 6) is 0. The SMILES string of the molecule is CC1(C)OC(=O)N(C2CCC(Nc3ccncc3[N+](=O)[O-])CC2)[C@H]1c1ccccc1. The molecule has 1 saturated heterocycles. The predicted octanol–water partition coefficient (Wildman–Crippen LogP) is 4.69. The standard InChI is InChI=1S/C22H26N4O4/c1-22(2)20(15-6-4-3-5-7-15)25(21(27)30-22)17-10-8-16(9-11-17)24-18-12-13-23-14-19(18)26(28)29/h3-7,12-14,16-17,20H,8-11H2,1-2H3,(H,23,24)/t16?,17?,20-/m0/s1. The number of amides is 1. The van der Waals surface area contributed by atoms with E-state index in [1.54, 1.807) is 12.3 Å². The van der Waals surface area contributed by atoms with Gasteiger partial charge in [-0.05, 0) is 51.2 Å². The molecule has 1 aliphatic carbocycles. The fourth-order valence-corrected chi connectivity index (χ4v) is 4.70. The van der Waals surface area contributed by atoms with Crippen LogP contribution in [0.15, 0.2) is 48.8 Å². The highest BCUT2D eigenvalue weighted by Gasteiger charge is 2.51. The molecule has 2 fully saturated rings. The highest BCUT2D eigenvalue weighted by molar-refractivity contribution is 5.72. The van der Waals surface area contributed by atoms with E-state index in [0.717, 1.165) is 31.2 Å². The minimum Gasteiger partial charge on any atom is -0.441 e. The third-order valence-corrected chi connectivity index (χ3v) is 6.06. The van der Waals surface area contributed by atoms with Crippen LogP contribution in [0.3, 0.4) is 0 Å². The first-order valence-electron chi connectivity index (χ1n) is 10.3. The largest absolute Gasteiger partial charge is 0.441 e. The van der Waals surface area contributed by atoms with Crippen molar-refractivity contribution in [3.05, 3.63) is 64.5 Å². The van der Waals surface area contributed by atoms with Crippen molar-refractivity contribution in [1.82, 2.24) is 9.88 Å². The van der Waals surface area contributed by atoms with Gasteiger partial charge in [0, 0.05) is 18.3 Å². The summed E-state index contributed by atoms with van der Waals surface area (Å²) in [5, 5.41) is 14.5. The van der Waals surface area contributed by atoms with Gasteiger partial charge in [0.15, 0.2) is 0 Å². The van der Waals surface area contributed by atoms with Gasteiger partial charge < -0.3 is 10.1 Å². The van der Waals surface area contributed by atoms with Crippen molar-refractivity contribution in [3.63, 3.8) is 0 Å². The molecule has 8 heteroatoms. The molecule has 1 N–H and O–H groups in total. The van der Waals surface area contributed by atoms with Crippen LogP contribution >= 0.6 is 0 Å². The maximum absolute atomic E-state index is 12.8. The van der Waals surface area contributed by atoms with E-state index in [9.17, 15) is 14.9 Å². The Morgan fingerprint density at radius 1 is 1.17 bits per heavy atom. The van der Waals surface area contributed by atoms with Gasteiger partial charge in [-0.3, -0.25) is 20.0 Å². The minimum absolute atomic E-state index is 0.0198. The van der Waals surface area contributed by atoms with Crippen LogP contribution in [0.2, 0.25) is 0 Å². The summed E-state index contributed by atoms with van der Waals surface area (Å²) in [6.45, 7) is 3.91.